The van der Waals surface area contributed by atoms with Gasteiger partial charge < -0.3 is 19.5 Å². The van der Waals surface area contributed by atoms with Crippen LogP contribution in [0.2, 0.25) is 5.02 Å². The number of benzene rings is 3. The molecule has 4 aromatic rings. The summed E-state index contributed by atoms with van der Waals surface area (Å²) in [4.78, 5) is 17.7. The summed E-state index contributed by atoms with van der Waals surface area (Å²) in [6.07, 6.45) is 0.769. The molecule has 3 aromatic carbocycles. The van der Waals surface area contributed by atoms with Crippen LogP contribution in [0.25, 0.3) is 0 Å². The van der Waals surface area contributed by atoms with Crippen LogP contribution in [0.4, 0.5) is 5.95 Å². The van der Waals surface area contributed by atoms with E-state index in [4.69, 9.17) is 30.9 Å². The highest BCUT2D eigenvalue weighted by atomic mass is 35.5. The molecule has 5 rings (SSSR count). The number of carbonyl (C=O) groups excluding carboxylic acids is 1. The number of esters is 1. The number of rotatable bonds is 10. The molecular formula is C30H29ClN4O4S. The van der Waals surface area contributed by atoms with E-state index < -0.39 is 12.0 Å². The van der Waals surface area contributed by atoms with E-state index in [1.54, 1.807) is 11.8 Å². The minimum Gasteiger partial charge on any atom is -0.493 e. The Morgan fingerprint density at radius 1 is 1.05 bits per heavy atom. The van der Waals surface area contributed by atoms with Gasteiger partial charge in [0.05, 0.1) is 26.4 Å². The number of hydrogen-bond donors (Lipinski definition) is 1. The third-order valence-corrected chi connectivity index (χ3v) is 7.80. The summed E-state index contributed by atoms with van der Waals surface area (Å²) in [5.41, 5.74) is 4.04. The number of carbonyl (C=O) groups is 1. The zero-order valence-electron chi connectivity index (χ0n) is 22.4. The normalized spacial score (nSPS) is 14.3. The second-order valence-corrected chi connectivity index (χ2v) is 10.4. The van der Waals surface area contributed by atoms with E-state index >= 15 is 0 Å². The third kappa shape index (κ3) is 5.95. The molecule has 1 aliphatic rings. The van der Waals surface area contributed by atoms with E-state index in [1.807, 2.05) is 67.6 Å². The topological polar surface area (TPSA) is 87.5 Å². The van der Waals surface area contributed by atoms with Crippen molar-refractivity contribution in [3.05, 3.63) is 106 Å². The molecule has 0 aliphatic carbocycles. The fraction of sp³-hybridized carbons (Fsp3) is 0.233. The van der Waals surface area contributed by atoms with E-state index in [0.29, 0.717) is 51.3 Å². The lowest BCUT2D eigenvalue weighted by Crippen LogP contribution is -2.29. The van der Waals surface area contributed by atoms with Gasteiger partial charge >= 0.3 is 5.97 Å². The first-order valence-electron chi connectivity index (χ1n) is 12.7. The second-order valence-electron chi connectivity index (χ2n) is 9.09. The lowest BCUT2D eigenvalue weighted by molar-refractivity contribution is -0.136. The summed E-state index contributed by atoms with van der Waals surface area (Å²) in [6, 6.07) is 22.9. The zero-order valence-corrected chi connectivity index (χ0v) is 24.0. The summed E-state index contributed by atoms with van der Waals surface area (Å²) in [6.45, 7) is 2.32. The van der Waals surface area contributed by atoms with Gasteiger partial charge in [0.2, 0.25) is 11.1 Å². The van der Waals surface area contributed by atoms with Crippen LogP contribution in [0.15, 0.2) is 89.2 Å². The third-order valence-electron chi connectivity index (χ3n) is 6.55. The fourth-order valence-corrected chi connectivity index (χ4v) is 5.64. The van der Waals surface area contributed by atoms with Crippen molar-refractivity contribution in [1.29, 1.82) is 0 Å². The van der Waals surface area contributed by atoms with Crippen LogP contribution in [0.3, 0.4) is 0 Å². The first-order chi connectivity index (χ1) is 19.5. The highest BCUT2D eigenvalue weighted by Crippen LogP contribution is 2.40. The molecule has 206 valence electrons. The van der Waals surface area contributed by atoms with Crippen molar-refractivity contribution in [2.45, 2.75) is 30.3 Å². The number of aromatic nitrogens is 3. The molecule has 1 atom stereocenters. The Morgan fingerprint density at radius 3 is 2.58 bits per heavy atom. The Balaban J connectivity index is 1.43. The average molecular weight is 577 g/mol. The highest BCUT2D eigenvalue weighted by molar-refractivity contribution is 7.98. The van der Waals surface area contributed by atoms with Gasteiger partial charge in [-0.3, -0.25) is 0 Å². The van der Waals surface area contributed by atoms with Gasteiger partial charge in [0.25, 0.3) is 0 Å². The molecule has 0 bridgehead atoms. The van der Waals surface area contributed by atoms with Gasteiger partial charge in [-0.05, 0) is 41.8 Å². The number of hydrogen-bond acceptors (Lipinski definition) is 8. The van der Waals surface area contributed by atoms with Gasteiger partial charge in [-0.1, -0.05) is 78.0 Å². The van der Waals surface area contributed by atoms with Crippen molar-refractivity contribution >= 4 is 35.3 Å². The summed E-state index contributed by atoms with van der Waals surface area (Å²) < 4.78 is 18.6. The summed E-state index contributed by atoms with van der Waals surface area (Å²) >= 11 is 7.80. The van der Waals surface area contributed by atoms with Gasteiger partial charge in [-0.25, -0.2) is 9.48 Å². The fourth-order valence-electron chi connectivity index (χ4n) is 4.53. The summed E-state index contributed by atoms with van der Waals surface area (Å²) in [7, 11) is 2.96. The number of nitrogens with one attached hydrogen (secondary N) is 1. The Labute approximate surface area is 242 Å². The minimum atomic E-state index is -0.585. The van der Waals surface area contributed by atoms with Crippen LogP contribution in [-0.2, 0) is 21.7 Å². The van der Waals surface area contributed by atoms with Gasteiger partial charge in [0, 0.05) is 22.9 Å². The molecule has 1 N–H and O–H groups in total. The molecule has 8 nitrogen and oxygen atoms in total. The van der Waals surface area contributed by atoms with E-state index in [2.05, 4.69) is 22.4 Å². The van der Waals surface area contributed by atoms with Crippen LogP contribution < -0.4 is 14.8 Å². The maximum atomic E-state index is 13.0. The molecule has 1 unspecified atom stereocenters. The largest absolute Gasteiger partial charge is 0.493 e. The van der Waals surface area contributed by atoms with Crippen molar-refractivity contribution < 1.29 is 19.0 Å². The predicted octanol–water partition coefficient (Wildman–Crippen LogP) is 6.32. The number of anilines is 1. The number of halogens is 1. The lowest BCUT2D eigenvalue weighted by Gasteiger charge is -2.28. The Hall–Kier alpha value is -3.95. The lowest BCUT2D eigenvalue weighted by atomic mass is 9.95. The highest BCUT2D eigenvalue weighted by Gasteiger charge is 2.35. The molecule has 0 saturated heterocycles. The first kappa shape index (κ1) is 27.6. The van der Waals surface area contributed by atoms with Crippen LogP contribution in [-0.4, -0.2) is 41.6 Å². The predicted molar refractivity (Wildman–Crippen MR) is 156 cm³/mol. The number of methoxy groups -OCH3 is 2. The van der Waals surface area contributed by atoms with Crippen molar-refractivity contribution in [3.8, 4) is 11.5 Å². The van der Waals surface area contributed by atoms with Gasteiger partial charge in [-0.2, -0.15) is 4.98 Å². The smallest absolute Gasteiger partial charge is 0.338 e. The first-order valence-corrected chi connectivity index (χ1v) is 14.1. The molecule has 1 aliphatic heterocycles. The Kier molecular flexibility index (Phi) is 8.62. The van der Waals surface area contributed by atoms with Crippen molar-refractivity contribution in [1.82, 2.24) is 14.8 Å². The molecule has 2 heterocycles. The van der Waals surface area contributed by atoms with Crippen LogP contribution in [0.1, 0.15) is 29.7 Å². The number of allylic oxidation sites excluding steroid dienone is 1. The molecule has 40 heavy (non-hydrogen) atoms. The number of thioether (sulfide) groups is 1. The van der Waals surface area contributed by atoms with Crippen LogP contribution in [0, 0.1) is 0 Å². The summed E-state index contributed by atoms with van der Waals surface area (Å²) in [5, 5.41) is 9.22. The van der Waals surface area contributed by atoms with Crippen molar-refractivity contribution in [3.63, 3.8) is 0 Å². The Morgan fingerprint density at radius 2 is 1.82 bits per heavy atom. The number of ether oxygens (including phenoxy) is 3. The quantitative estimate of drug-likeness (QED) is 0.173. The van der Waals surface area contributed by atoms with Crippen LogP contribution in [0.5, 0.6) is 11.5 Å². The molecule has 10 heteroatoms. The molecule has 0 spiro atoms. The number of fused-ring (bicyclic) bond motifs is 1. The van der Waals surface area contributed by atoms with Crippen molar-refractivity contribution in [2.75, 3.05) is 26.1 Å². The van der Waals surface area contributed by atoms with Crippen LogP contribution >= 0.6 is 23.4 Å². The van der Waals surface area contributed by atoms with Crippen molar-refractivity contribution in [2.24, 2.45) is 0 Å². The van der Waals surface area contributed by atoms with E-state index in [0.717, 1.165) is 17.5 Å². The number of nitrogens with zero attached hydrogens (tertiary/aromatic N) is 3. The van der Waals surface area contributed by atoms with E-state index in [-0.39, 0.29) is 0 Å². The molecule has 0 amide bonds. The van der Waals surface area contributed by atoms with Gasteiger partial charge in [-0.15, -0.1) is 5.10 Å². The maximum Gasteiger partial charge on any atom is 0.338 e. The standard InChI is InChI=1S/C30H29ClN4O4S/c1-19-26(28(36)38-3)27(35-29(32-19)33-30(34-35)40-18-22-11-7-8-12-23(22)31)21-13-14-24(25(17-21)37-2)39-16-15-20-9-5-4-6-10-20/h4-14,17,27H,15-16,18H2,1-3H3,(H,32,33,34). The maximum absolute atomic E-state index is 13.0. The molecule has 1 aromatic heterocycles. The van der Waals surface area contributed by atoms with E-state index in [9.17, 15) is 4.79 Å². The van der Waals surface area contributed by atoms with E-state index in [1.165, 1.54) is 24.4 Å². The van der Waals surface area contributed by atoms with Gasteiger partial charge in [0.15, 0.2) is 11.5 Å². The SMILES string of the molecule is COC(=O)C1=C(C)Nc2nc(SCc3ccccc3Cl)nn2C1c1ccc(OCCc2ccccc2)c(OC)c1. The monoisotopic (exact) mass is 576 g/mol. The Bertz CT molecular complexity index is 1540. The second kappa shape index (κ2) is 12.5. The minimum absolute atomic E-state index is 0.433. The molecular weight excluding hydrogens is 548 g/mol. The molecule has 0 radical (unpaired) electrons. The summed E-state index contributed by atoms with van der Waals surface area (Å²) in [5.74, 6) is 1.85. The average Bonchev–Trinajstić information content (AvgIpc) is 3.38. The zero-order chi connectivity index (χ0) is 28.1. The molecule has 0 fully saturated rings. The van der Waals surface area contributed by atoms with Gasteiger partial charge in [0.1, 0.15) is 6.04 Å². The molecule has 0 saturated carbocycles.